The third kappa shape index (κ3) is 6.35. The van der Waals surface area contributed by atoms with Crippen molar-refractivity contribution < 1.29 is 0 Å². The van der Waals surface area contributed by atoms with E-state index in [1.54, 1.807) is 0 Å². The monoisotopic (exact) mass is 309 g/mol. The van der Waals surface area contributed by atoms with Gasteiger partial charge in [0.15, 0.2) is 0 Å². The number of nitrogens with one attached hydrogen (secondary N) is 1. The maximum absolute atomic E-state index is 4.81. The van der Waals surface area contributed by atoms with Gasteiger partial charge in [-0.3, -0.25) is 0 Å². The Labute approximate surface area is 134 Å². The van der Waals surface area contributed by atoms with Crippen molar-refractivity contribution in [1.29, 1.82) is 0 Å². The summed E-state index contributed by atoms with van der Waals surface area (Å²) in [6, 6.07) is 0.533. The van der Waals surface area contributed by atoms with Crippen LogP contribution in [0.15, 0.2) is 0 Å². The first-order valence-electron chi connectivity index (χ1n) is 8.30. The van der Waals surface area contributed by atoms with Gasteiger partial charge in [-0.25, -0.2) is 9.97 Å². The van der Waals surface area contributed by atoms with Crippen molar-refractivity contribution in [3.05, 3.63) is 22.8 Å². The average molecular weight is 310 g/mol. The average Bonchev–Trinajstić information content (AvgIpc) is 2.47. The van der Waals surface area contributed by atoms with Gasteiger partial charge in [-0.15, -0.1) is 0 Å². The van der Waals surface area contributed by atoms with Gasteiger partial charge in [0.25, 0.3) is 0 Å². The molecule has 21 heavy (non-hydrogen) atoms. The van der Waals surface area contributed by atoms with E-state index in [1.165, 1.54) is 29.1 Å². The van der Waals surface area contributed by atoms with Crippen LogP contribution in [-0.4, -0.2) is 28.3 Å². The van der Waals surface area contributed by atoms with E-state index in [4.69, 9.17) is 9.97 Å². The van der Waals surface area contributed by atoms with Gasteiger partial charge in [0.1, 0.15) is 5.82 Å². The lowest BCUT2D eigenvalue weighted by molar-refractivity contribution is 0.586. The molecule has 1 aromatic rings. The molecule has 0 atom stereocenters. The zero-order chi connectivity index (χ0) is 15.7. The van der Waals surface area contributed by atoms with Crippen LogP contribution in [0.5, 0.6) is 0 Å². The molecule has 0 saturated heterocycles. The molecule has 0 spiro atoms. The first-order chi connectivity index (χ1) is 10.1. The van der Waals surface area contributed by atoms with Crippen LogP contribution in [0.1, 0.15) is 63.8 Å². The van der Waals surface area contributed by atoms with E-state index >= 15 is 0 Å². The zero-order valence-electron chi connectivity index (χ0n) is 14.3. The Kier molecular flexibility index (Phi) is 8.93. The van der Waals surface area contributed by atoms with Crippen LogP contribution >= 0.6 is 11.8 Å². The van der Waals surface area contributed by atoms with Gasteiger partial charge >= 0.3 is 0 Å². The molecule has 0 bridgehead atoms. The summed E-state index contributed by atoms with van der Waals surface area (Å²) in [6.45, 7) is 12.0. The Balaban J connectivity index is 2.85. The fourth-order valence-electron chi connectivity index (χ4n) is 2.37. The highest BCUT2D eigenvalue weighted by molar-refractivity contribution is 7.98. The second-order valence-electron chi connectivity index (χ2n) is 5.63. The Morgan fingerprint density at radius 3 is 2.14 bits per heavy atom. The fraction of sp³-hybridized carbons (Fsp3) is 0.765. The van der Waals surface area contributed by atoms with Crippen molar-refractivity contribution in [2.45, 2.75) is 72.1 Å². The zero-order valence-corrected chi connectivity index (χ0v) is 15.1. The van der Waals surface area contributed by atoms with Gasteiger partial charge < -0.3 is 5.32 Å². The molecule has 3 nitrogen and oxygen atoms in total. The highest BCUT2D eigenvalue weighted by Gasteiger charge is 2.12. The van der Waals surface area contributed by atoms with Gasteiger partial charge in [0.2, 0.25) is 0 Å². The molecule has 0 aromatic carbocycles. The van der Waals surface area contributed by atoms with Crippen LogP contribution in [0.3, 0.4) is 0 Å². The predicted octanol–water partition coefficient (Wildman–Crippen LogP) is 3.79. The summed E-state index contributed by atoms with van der Waals surface area (Å²) in [4.78, 5) is 9.62. The van der Waals surface area contributed by atoms with E-state index in [9.17, 15) is 0 Å². The lowest BCUT2D eigenvalue weighted by atomic mass is 10.0. The first kappa shape index (κ1) is 18.4. The van der Waals surface area contributed by atoms with Crippen LogP contribution < -0.4 is 5.32 Å². The second-order valence-corrected chi connectivity index (χ2v) is 6.74. The maximum atomic E-state index is 4.81. The highest BCUT2D eigenvalue weighted by atomic mass is 32.2. The standard InChI is InChI=1S/C17H31N3S/c1-6-11-21-12-17-19-15(7-2)14(16(8-3)20-17)9-10-18-13(4)5/h13,18H,6-12H2,1-5H3. The molecular formula is C17H31N3S. The molecule has 4 heteroatoms. The molecule has 0 unspecified atom stereocenters. The van der Waals surface area contributed by atoms with Crippen LogP contribution in [0.2, 0.25) is 0 Å². The summed E-state index contributed by atoms with van der Waals surface area (Å²) in [5.41, 5.74) is 3.87. The van der Waals surface area contributed by atoms with Crippen molar-refractivity contribution >= 4 is 11.8 Å². The van der Waals surface area contributed by atoms with Crippen molar-refractivity contribution in [3.63, 3.8) is 0 Å². The minimum absolute atomic E-state index is 0.533. The molecule has 1 aromatic heterocycles. The lowest BCUT2D eigenvalue weighted by Crippen LogP contribution is -2.26. The van der Waals surface area contributed by atoms with E-state index < -0.39 is 0 Å². The molecule has 1 N–H and O–H groups in total. The largest absolute Gasteiger partial charge is 0.314 e. The number of hydrogen-bond donors (Lipinski definition) is 1. The van der Waals surface area contributed by atoms with Crippen LogP contribution in [0.4, 0.5) is 0 Å². The van der Waals surface area contributed by atoms with Gasteiger partial charge in [-0.2, -0.15) is 11.8 Å². The second kappa shape index (κ2) is 10.2. The van der Waals surface area contributed by atoms with Gasteiger partial charge in [0.05, 0.1) is 5.75 Å². The normalized spacial score (nSPS) is 11.3. The topological polar surface area (TPSA) is 37.8 Å². The third-order valence-corrected chi connectivity index (χ3v) is 4.56. The molecule has 1 rings (SSSR count). The lowest BCUT2D eigenvalue weighted by Gasteiger charge is -2.15. The minimum atomic E-state index is 0.533. The quantitative estimate of drug-likeness (QED) is 0.667. The summed E-state index contributed by atoms with van der Waals surface area (Å²) in [5, 5.41) is 3.49. The minimum Gasteiger partial charge on any atom is -0.314 e. The number of hydrogen-bond acceptors (Lipinski definition) is 4. The van der Waals surface area contributed by atoms with Gasteiger partial charge in [-0.05, 0) is 43.5 Å². The van der Waals surface area contributed by atoms with Crippen LogP contribution in [0, 0.1) is 0 Å². The molecular weight excluding hydrogens is 278 g/mol. The summed E-state index contributed by atoms with van der Waals surface area (Å²) < 4.78 is 0. The van der Waals surface area contributed by atoms with Crippen molar-refractivity contribution in [2.24, 2.45) is 0 Å². The smallest absolute Gasteiger partial charge is 0.138 e. The molecule has 0 amide bonds. The Bertz CT molecular complexity index is 393. The number of nitrogens with zero attached hydrogens (tertiary/aromatic N) is 2. The summed E-state index contributed by atoms with van der Waals surface area (Å²) in [7, 11) is 0. The van der Waals surface area contributed by atoms with Crippen LogP contribution in [0.25, 0.3) is 0 Å². The number of aromatic nitrogens is 2. The molecule has 0 aliphatic rings. The van der Waals surface area contributed by atoms with Gasteiger partial charge in [-0.1, -0.05) is 34.6 Å². The number of aryl methyl sites for hydroxylation is 2. The SMILES string of the molecule is CCCSCc1nc(CC)c(CCNC(C)C)c(CC)n1. The van der Waals surface area contributed by atoms with E-state index in [-0.39, 0.29) is 0 Å². The summed E-state index contributed by atoms with van der Waals surface area (Å²) in [6.07, 6.45) is 4.24. The Hall–Kier alpha value is -0.610. The van der Waals surface area contributed by atoms with E-state index in [0.29, 0.717) is 6.04 Å². The Morgan fingerprint density at radius 1 is 1.05 bits per heavy atom. The van der Waals surface area contributed by atoms with Crippen molar-refractivity contribution in [2.75, 3.05) is 12.3 Å². The molecule has 1 heterocycles. The van der Waals surface area contributed by atoms with E-state index in [1.807, 2.05) is 11.8 Å². The molecule has 0 saturated carbocycles. The molecule has 0 radical (unpaired) electrons. The molecule has 0 aliphatic heterocycles. The first-order valence-corrected chi connectivity index (χ1v) is 9.46. The molecule has 0 aliphatic carbocycles. The van der Waals surface area contributed by atoms with E-state index in [2.05, 4.69) is 39.9 Å². The summed E-state index contributed by atoms with van der Waals surface area (Å²) in [5.74, 6) is 3.15. The fourth-order valence-corrected chi connectivity index (χ4v) is 3.11. The van der Waals surface area contributed by atoms with E-state index in [0.717, 1.165) is 37.4 Å². The maximum Gasteiger partial charge on any atom is 0.138 e. The Morgan fingerprint density at radius 2 is 1.67 bits per heavy atom. The number of rotatable bonds is 10. The van der Waals surface area contributed by atoms with Crippen molar-refractivity contribution in [3.8, 4) is 0 Å². The predicted molar refractivity (Wildman–Crippen MR) is 94.1 cm³/mol. The van der Waals surface area contributed by atoms with Crippen LogP contribution in [-0.2, 0) is 25.0 Å². The highest BCUT2D eigenvalue weighted by Crippen LogP contribution is 2.17. The van der Waals surface area contributed by atoms with Gasteiger partial charge in [0, 0.05) is 17.4 Å². The number of thioether (sulfide) groups is 1. The molecule has 120 valence electrons. The molecule has 0 fully saturated rings. The third-order valence-electron chi connectivity index (χ3n) is 3.40. The summed E-state index contributed by atoms with van der Waals surface area (Å²) >= 11 is 1.94. The van der Waals surface area contributed by atoms with Crippen molar-refractivity contribution in [1.82, 2.24) is 15.3 Å².